The molecule has 0 saturated carbocycles. The number of rotatable bonds is 35. The number of aliphatic hydroxyl groups excluding tert-OH is 1. The van der Waals surface area contributed by atoms with Gasteiger partial charge in [-0.1, -0.05) is 166 Å². The third-order valence-corrected chi connectivity index (χ3v) is 61.5. The van der Waals surface area contributed by atoms with E-state index in [1.807, 2.05) is 54.6 Å². The third kappa shape index (κ3) is 27.7. The summed E-state index contributed by atoms with van der Waals surface area (Å²) in [6.07, 6.45) is 0. The molecule has 0 atom stereocenters. The van der Waals surface area contributed by atoms with Crippen molar-refractivity contribution >= 4 is 66.5 Å². The molecule has 23 heteroatoms. The van der Waals surface area contributed by atoms with Gasteiger partial charge in [-0.3, -0.25) is 0 Å². The molecule has 1 N–H and O–H groups in total. The summed E-state index contributed by atoms with van der Waals surface area (Å²) in [6.45, 7) is 91.0. The van der Waals surface area contributed by atoms with Crippen LogP contribution >= 0.6 is 0 Å². The standard InChI is InChI=1S/C97H156O15Si8/c1-90(2,3)113(25,26)105-82-47-72(48-83(58-82)106-114(27,28)91(4,5)6)65-101-78-43-70(44-79(56-78)102-66-73-49-84(107-115(29,30)92(7,8)9)59-85(50-73)108-116(31,32)93(10,11)12)63-99-76-41-69(62-98)42-77(55-76)100-64-71-45-80(103-67-74-51-86(109-117(33,34)94(13,14)15)60-87(52-74)110-118(35,36)95(16,17)18)57-81(46-71)104-68-75-53-88(111-119(37,38)96(19,20)21)61-89(54-75)112-120(39,40)97(22,23)24/h41-61,98H,62-68H2,1-40H3. The smallest absolute Gasteiger partial charge is 0.250 e. The Morgan fingerprint density at radius 2 is 0.267 bits per heavy atom. The molecule has 0 saturated heterocycles. The highest BCUT2D eigenvalue weighted by molar-refractivity contribution is 6.78. The average Bonchev–Trinajstić information content (AvgIpc) is 0.804. The summed E-state index contributed by atoms with van der Waals surface area (Å²) < 4.78 is 97.3. The molecule has 0 aliphatic rings. The van der Waals surface area contributed by atoms with E-state index in [0.29, 0.717) is 40.1 Å². The Bertz CT molecular complexity index is 3900. The van der Waals surface area contributed by atoms with Gasteiger partial charge < -0.3 is 68.9 Å². The van der Waals surface area contributed by atoms with Crippen LogP contribution in [0.15, 0.2) is 127 Å². The van der Waals surface area contributed by atoms with Gasteiger partial charge in [0.1, 0.15) is 120 Å². The molecule has 7 rings (SSSR count). The van der Waals surface area contributed by atoms with Gasteiger partial charge in [0.2, 0.25) is 66.5 Å². The maximum absolute atomic E-state index is 11.0. The highest BCUT2D eigenvalue weighted by Crippen LogP contribution is 2.48. The number of hydrogen-bond donors (Lipinski definition) is 1. The first-order valence-electron chi connectivity index (χ1n) is 43.1. The maximum atomic E-state index is 11.0. The van der Waals surface area contributed by atoms with Crippen LogP contribution in [0.5, 0.6) is 80.5 Å². The molecular weight excluding hydrogens is 1630 g/mol. The summed E-state index contributed by atoms with van der Waals surface area (Å²) in [7, 11) is -18.2. The summed E-state index contributed by atoms with van der Waals surface area (Å²) >= 11 is 0. The van der Waals surface area contributed by atoms with Crippen molar-refractivity contribution in [3.63, 3.8) is 0 Å². The van der Waals surface area contributed by atoms with Gasteiger partial charge in [-0.15, -0.1) is 0 Å². The molecule has 0 aliphatic carbocycles. The van der Waals surface area contributed by atoms with Crippen molar-refractivity contribution in [1.82, 2.24) is 0 Å². The van der Waals surface area contributed by atoms with Crippen LogP contribution in [0.1, 0.15) is 205 Å². The maximum Gasteiger partial charge on any atom is 0.250 e. The van der Waals surface area contributed by atoms with Crippen molar-refractivity contribution in [1.29, 1.82) is 0 Å². The highest BCUT2D eigenvalue weighted by atomic mass is 28.4. The Kier molecular flexibility index (Phi) is 30.9. The number of hydrogen-bond acceptors (Lipinski definition) is 15. The Morgan fingerprint density at radius 1 is 0.167 bits per heavy atom. The van der Waals surface area contributed by atoms with Gasteiger partial charge in [-0.25, -0.2) is 0 Å². The Labute approximate surface area is 734 Å². The van der Waals surface area contributed by atoms with E-state index in [2.05, 4.69) is 344 Å². The van der Waals surface area contributed by atoms with E-state index < -0.39 is 66.5 Å². The Balaban J connectivity index is 1.28. The second-order valence-electron chi connectivity index (χ2n) is 45.5. The van der Waals surface area contributed by atoms with Crippen molar-refractivity contribution in [2.24, 2.45) is 0 Å². The Hall–Kier alpha value is -6.56. The van der Waals surface area contributed by atoms with E-state index in [0.717, 1.165) is 79.4 Å². The van der Waals surface area contributed by atoms with Gasteiger partial charge >= 0.3 is 0 Å². The lowest BCUT2D eigenvalue weighted by Crippen LogP contribution is -2.44. The SMILES string of the molecule is CC(C)(C)[Si](C)(C)Oc1cc(COc2cc(COc3cc(CO)cc(OCc4cc(OCc5cc(O[Si](C)(C)C(C)(C)C)cc(O[Si](C)(C)C(C)(C)C)c5)cc(OCc5cc(O[Si](C)(C)C(C)(C)C)cc(O[Si](C)(C)C(C)(C)C)c5)c4)c3)cc(OCc3cc(O[Si](C)(C)C(C)(C)C)cc(O[Si](C)(C)C(C)(C)C)c3)c2)cc(O[Si](C)(C)C(C)(C)C)c1. The average molecular weight is 1790 g/mol. The normalized spacial score (nSPS) is 13.6. The van der Waals surface area contributed by atoms with Crippen molar-refractivity contribution in [3.8, 4) is 80.5 Å². The van der Waals surface area contributed by atoms with Gasteiger partial charge in [0, 0.05) is 42.5 Å². The number of aliphatic hydroxyl groups is 1. The van der Waals surface area contributed by atoms with Crippen LogP contribution in [0, 0.1) is 0 Å². The quantitative estimate of drug-likeness (QED) is 0.0375. The fraction of sp³-hybridized carbons (Fsp3) is 0.567. The minimum Gasteiger partial charge on any atom is -0.543 e. The lowest BCUT2D eigenvalue weighted by atomic mass is 10.1. The molecule has 0 unspecified atom stereocenters. The van der Waals surface area contributed by atoms with Gasteiger partial charge in [0.15, 0.2) is 0 Å². The minimum atomic E-state index is -2.28. The van der Waals surface area contributed by atoms with E-state index in [1.165, 1.54) is 0 Å². The fourth-order valence-electron chi connectivity index (χ4n) is 10.6. The van der Waals surface area contributed by atoms with Crippen LogP contribution in [0.25, 0.3) is 0 Å². The van der Waals surface area contributed by atoms with E-state index in [4.69, 9.17) is 63.8 Å². The van der Waals surface area contributed by atoms with Gasteiger partial charge in [-0.2, -0.15) is 0 Å². The summed E-state index contributed by atoms with van der Waals surface area (Å²) in [5, 5.41) is 10.6. The number of ether oxygens (including phenoxy) is 6. The fourth-order valence-corrected chi connectivity index (χ4v) is 18.7. The molecule has 15 nitrogen and oxygen atoms in total. The topological polar surface area (TPSA) is 149 Å². The molecule has 120 heavy (non-hydrogen) atoms. The van der Waals surface area contributed by atoms with E-state index in [9.17, 15) is 5.11 Å². The van der Waals surface area contributed by atoms with Crippen molar-refractivity contribution < 1.29 is 68.9 Å². The van der Waals surface area contributed by atoms with Crippen molar-refractivity contribution in [2.75, 3.05) is 0 Å². The summed E-state index contributed by atoms with van der Waals surface area (Å²) in [6, 6.07) is 42.2. The lowest BCUT2D eigenvalue weighted by molar-refractivity contribution is 0.267. The highest BCUT2D eigenvalue weighted by Gasteiger charge is 2.46. The monoisotopic (exact) mass is 1780 g/mol. The van der Waals surface area contributed by atoms with Gasteiger partial charge in [-0.05, 0) is 269 Å². The molecule has 0 fully saturated rings. The molecular formula is C97H156O15Si8. The zero-order valence-corrected chi connectivity index (χ0v) is 89.7. The predicted molar refractivity (Wildman–Crippen MR) is 520 cm³/mol. The van der Waals surface area contributed by atoms with E-state index in [1.54, 1.807) is 0 Å². The summed E-state index contributed by atoms with van der Waals surface area (Å²) in [5.74, 6) is 9.37. The zero-order chi connectivity index (χ0) is 90.8. The van der Waals surface area contributed by atoms with Crippen LogP contribution in [0.4, 0.5) is 0 Å². The molecule has 0 spiro atoms. The largest absolute Gasteiger partial charge is 0.543 e. The second kappa shape index (κ2) is 36.9. The third-order valence-electron chi connectivity index (χ3n) is 26.6. The molecule has 0 aromatic heterocycles. The molecule has 666 valence electrons. The first kappa shape index (κ1) is 101. The second-order valence-corrected chi connectivity index (χ2v) is 83.3. The Morgan fingerprint density at radius 3 is 0.375 bits per heavy atom. The van der Waals surface area contributed by atoms with Crippen LogP contribution in [0.3, 0.4) is 0 Å². The van der Waals surface area contributed by atoms with E-state index >= 15 is 0 Å². The van der Waals surface area contributed by atoms with Gasteiger partial charge in [0.05, 0.1) is 6.61 Å². The van der Waals surface area contributed by atoms with Gasteiger partial charge in [0.25, 0.3) is 0 Å². The first-order chi connectivity index (χ1) is 54.3. The zero-order valence-electron chi connectivity index (χ0n) is 81.7. The predicted octanol–water partition coefficient (Wildman–Crippen LogP) is 29.7. The number of benzene rings is 7. The molecule has 0 radical (unpaired) electrons. The van der Waals surface area contributed by atoms with Crippen LogP contribution in [0.2, 0.25) is 145 Å². The molecule has 0 bridgehead atoms. The summed E-state index contributed by atoms with van der Waals surface area (Å²) in [4.78, 5) is 0. The molecule has 7 aromatic carbocycles. The van der Waals surface area contributed by atoms with E-state index in [-0.39, 0.29) is 86.6 Å². The first-order valence-corrected chi connectivity index (χ1v) is 66.4. The molecule has 7 aromatic rings. The molecule has 0 aliphatic heterocycles. The molecule has 0 heterocycles. The summed E-state index contributed by atoms with van der Waals surface area (Å²) in [5.41, 5.74) is 5.77. The lowest BCUT2D eigenvalue weighted by Gasteiger charge is -2.38. The van der Waals surface area contributed by atoms with Crippen molar-refractivity contribution in [2.45, 2.75) is 357 Å². The minimum absolute atomic E-state index is 0.0388. The van der Waals surface area contributed by atoms with Crippen LogP contribution in [-0.2, 0) is 46.2 Å². The van der Waals surface area contributed by atoms with Crippen LogP contribution in [-0.4, -0.2) is 71.6 Å². The van der Waals surface area contributed by atoms with Crippen LogP contribution < -0.4 is 63.8 Å². The van der Waals surface area contributed by atoms with Crippen molar-refractivity contribution in [3.05, 3.63) is 166 Å². The molecule has 0 amide bonds.